The van der Waals surface area contributed by atoms with Gasteiger partial charge in [-0.05, 0) is 36.4 Å². The predicted molar refractivity (Wildman–Crippen MR) is 107 cm³/mol. The molecule has 2 heterocycles. The van der Waals surface area contributed by atoms with Crippen LogP contribution in [-0.4, -0.2) is 36.1 Å². The Morgan fingerprint density at radius 2 is 1.52 bits per heavy atom. The molecule has 0 atom stereocenters. The lowest BCUT2D eigenvalue weighted by molar-refractivity contribution is 0.624. The van der Waals surface area contributed by atoms with E-state index in [1.54, 1.807) is 0 Å². The van der Waals surface area contributed by atoms with Crippen LogP contribution < -0.4 is 20.9 Å². The highest BCUT2D eigenvalue weighted by Gasteiger charge is 2.21. The lowest BCUT2D eigenvalue weighted by atomic mass is 10.2. The molecule has 0 spiro atoms. The molecule has 6 nitrogen and oxygen atoms in total. The molecule has 3 aromatic rings. The zero-order chi connectivity index (χ0) is 18.6. The summed E-state index contributed by atoms with van der Waals surface area (Å²) in [5.74, 6) is 1.12. The number of nitrogens with one attached hydrogen (secondary N) is 1. The van der Waals surface area contributed by atoms with Crippen molar-refractivity contribution in [1.29, 1.82) is 0 Å². The number of rotatable bonds is 4. The van der Waals surface area contributed by atoms with Crippen molar-refractivity contribution in [2.45, 2.75) is 0 Å². The quantitative estimate of drug-likeness (QED) is 0.740. The smallest absolute Gasteiger partial charge is 0.159 e. The van der Waals surface area contributed by atoms with E-state index in [0.29, 0.717) is 11.5 Å². The van der Waals surface area contributed by atoms with Crippen molar-refractivity contribution >= 4 is 28.7 Å². The molecular formula is C20H21FN6. The number of nitrogens with two attached hydrogens (primary N) is 1. The van der Waals surface area contributed by atoms with E-state index in [9.17, 15) is 4.39 Å². The largest absolute Gasteiger partial charge is 0.393 e. The second kappa shape index (κ2) is 7.49. The Hall–Kier alpha value is -3.35. The zero-order valence-electron chi connectivity index (χ0n) is 14.8. The molecule has 1 aliphatic heterocycles. The van der Waals surface area contributed by atoms with Gasteiger partial charge in [0.2, 0.25) is 0 Å². The second-order valence-corrected chi connectivity index (χ2v) is 6.40. The van der Waals surface area contributed by atoms with Crippen molar-refractivity contribution < 1.29 is 4.39 Å². The average molecular weight is 364 g/mol. The maximum absolute atomic E-state index is 13.1. The topological polar surface area (TPSA) is 70.3 Å². The van der Waals surface area contributed by atoms with Gasteiger partial charge >= 0.3 is 0 Å². The van der Waals surface area contributed by atoms with Gasteiger partial charge in [-0.15, -0.1) is 0 Å². The van der Waals surface area contributed by atoms with E-state index in [1.165, 1.54) is 18.5 Å². The lowest BCUT2D eigenvalue weighted by Crippen LogP contribution is -2.47. The van der Waals surface area contributed by atoms with E-state index in [0.717, 1.165) is 43.4 Å². The van der Waals surface area contributed by atoms with Crippen LogP contribution in [0.3, 0.4) is 0 Å². The molecule has 1 aromatic heterocycles. The van der Waals surface area contributed by atoms with Gasteiger partial charge in [0.25, 0.3) is 0 Å². The fourth-order valence-electron chi connectivity index (χ4n) is 3.22. The van der Waals surface area contributed by atoms with Gasteiger partial charge in [-0.2, -0.15) is 0 Å². The number of piperazine rings is 1. The molecule has 1 aliphatic rings. The van der Waals surface area contributed by atoms with Crippen LogP contribution in [0.15, 0.2) is 60.9 Å². The summed E-state index contributed by atoms with van der Waals surface area (Å²) in [6.07, 6.45) is 1.53. The average Bonchev–Trinajstić information content (AvgIpc) is 2.71. The SMILES string of the molecule is Nc1c(Nc2ccccc2)ncnc1N1CCN(c2ccc(F)cc2)CC1. The van der Waals surface area contributed by atoms with E-state index in [2.05, 4.69) is 25.1 Å². The lowest BCUT2D eigenvalue weighted by Gasteiger charge is -2.37. The number of nitrogens with zero attached hydrogens (tertiary/aromatic N) is 4. The minimum absolute atomic E-state index is 0.218. The molecule has 138 valence electrons. The Morgan fingerprint density at radius 1 is 0.852 bits per heavy atom. The van der Waals surface area contributed by atoms with Crippen LogP contribution in [0.4, 0.5) is 33.1 Å². The van der Waals surface area contributed by atoms with Crippen LogP contribution in [0.5, 0.6) is 0 Å². The summed E-state index contributed by atoms with van der Waals surface area (Å²) >= 11 is 0. The van der Waals surface area contributed by atoms with Crippen molar-refractivity contribution in [3.05, 3.63) is 66.7 Å². The molecule has 0 amide bonds. The Morgan fingerprint density at radius 3 is 2.22 bits per heavy atom. The van der Waals surface area contributed by atoms with Gasteiger partial charge in [-0.1, -0.05) is 18.2 Å². The molecule has 0 aliphatic carbocycles. The predicted octanol–water partition coefficient (Wildman–Crippen LogP) is 3.27. The molecular weight excluding hydrogens is 343 g/mol. The van der Waals surface area contributed by atoms with Gasteiger partial charge in [-0.25, -0.2) is 14.4 Å². The highest BCUT2D eigenvalue weighted by atomic mass is 19.1. The maximum Gasteiger partial charge on any atom is 0.159 e. The summed E-state index contributed by atoms with van der Waals surface area (Å²) in [6.45, 7) is 3.19. The van der Waals surface area contributed by atoms with Gasteiger partial charge in [0.15, 0.2) is 11.6 Å². The van der Waals surface area contributed by atoms with Gasteiger partial charge in [0.05, 0.1) is 0 Å². The summed E-state index contributed by atoms with van der Waals surface area (Å²) in [7, 11) is 0. The van der Waals surface area contributed by atoms with Crippen LogP contribution in [0.1, 0.15) is 0 Å². The van der Waals surface area contributed by atoms with Crippen LogP contribution in [-0.2, 0) is 0 Å². The molecule has 1 fully saturated rings. The monoisotopic (exact) mass is 364 g/mol. The summed E-state index contributed by atoms with van der Waals surface area (Å²) in [6, 6.07) is 16.4. The fraction of sp³-hybridized carbons (Fsp3) is 0.200. The molecule has 27 heavy (non-hydrogen) atoms. The van der Waals surface area contributed by atoms with Crippen molar-refractivity contribution in [2.75, 3.05) is 47.0 Å². The van der Waals surface area contributed by atoms with Gasteiger partial charge in [0.1, 0.15) is 17.8 Å². The van der Waals surface area contributed by atoms with E-state index < -0.39 is 0 Å². The first kappa shape index (κ1) is 17.1. The van der Waals surface area contributed by atoms with Crippen LogP contribution >= 0.6 is 0 Å². The van der Waals surface area contributed by atoms with Crippen LogP contribution in [0.25, 0.3) is 0 Å². The van der Waals surface area contributed by atoms with Crippen molar-refractivity contribution in [3.63, 3.8) is 0 Å². The van der Waals surface area contributed by atoms with Gasteiger partial charge in [-0.3, -0.25) is 0 Å². The zero-order valence-corrected chi connectivity index (χ0v) is 14.8. The number of anilines is 5. The highest BCUT2D eigenvalue weighted by molar-refractivity contribution is 5.78. The van der Waals surface area contributed by atoms with Crippen molar-refractivity contribution in [3.8, 4) is 0 Å². The number of aromatic nitrogens is 2. The van der Waals surface area contributed by atoms with E-state index >= 15 is 0 Å². The third-order valence-corrected chi connectivity index (χ3v) is 4.67. The summed E-state index contributed by atoms with van der Waals surface area (Å²) in [5, 5.41) is 3.24. The van der Waals surface area contributed by atoms with Gasteiger partial charge < -0.3 is 20.9 Å². The molecule has 1 saturated heterocycles. The molecule has 0 radical (unpaired) electrons. The van der Waals surface area contributed by atoms with E-state index in [-0.39, 0.29) is 5.82 Å². The maximum atomic E-state index is 13.1. The fourth-order valence-corrected chi connectivity index (χ4v) is 3.22. The van der Waals surface area contributed by atoms with E-state index in [1.807, 2.05) is 42.5 Å². The molecule has 4 rings (SSSR count). The number of benzene rings is 2. The first-order valence-corrected chi connectivity index (χ1v) is 8.89. The number of halogens is 1. The minimum Gasteiger partial charge on any atom is -0.393 e. The molecule has 2 aromatic carbocycles. The Labute approximate surface area is 157 Å². The van der Waals surface area contributed by atoms with Crippen molar-refractivity contribution in [2.24, 2.45) is 0 Å². The number of hydrogen-bond donors (Lipinski definition) is 2. The number of nitrogen functional groups attached to an aromatic ring is 1. The molecule has 0 unspecified atom stereocenters. The summed E-state index contributed by atoms with van der Waals surface area (Å²) in [5.41, 5.74) is 8.83. The summed E-state index contributed by atoms with van der Waals surface area (Å²) in [4.78, 5) is 13.1. The molecule has 7 heteroatoms. The summed E-state index contributed by atoms with van der Waals surface area (Å²) < 4.78 is 13.1. The minimum atomic E-state index is -0.218. The Kier molecular flexibility index (Phi) is 4.74. The van der Waals surface area contributed by atoms with Crippen LogP contribution in [0, 0.1) is 5.82 Å². The third-order valence-electron chi connectivity index (χ3n) is 4.67. The Balaban J connectivity index is 1.46. The number of para-hydroxylation sites is 1. The molecule has 0 bridgehead atoms. The number of hydrogen-bond acceptors (Lipinski definition) is 6. The Bertz CT molecular complexity index is 892. The second-order valence-electron chi connectivity index (χ2n) is 6.40. The third kappa shape index (κ3) is 3.76. The van der Waals surface area contributed by atoms with E-state index in [4.69, 9.17) is 5.73 Å². The first-order valence-electron chi connectivity index (χ1n) is 8.89. The molecule has 0 saturated carbocycles. The standard InChI is InChI=1S/C20H21FN6/c21-15-6-8-17(9-7-15)26-10-12-27(13-11-26)20-18(22)19(23-14-24-20)25-16-4-2-1-3-5-16/h1-9,14H,10-13,22H2,(H,23,24,25). The van der Waals surface area contributed by atoms with Crippen LogP contribution in [0.2, 0.25) is 0 Å². The van der Waals surface area contributed by atoms with Crippen molar-refractivity contribution in [1.82, 2.24) is 9.97 Å². The highest BCUT2D eigenvalue weighted by Crippen LogP contribution is 2.29. The first-order chi connectivity index (χ1) is 13.2. The molecule has 3 N–H and O–H groups in total. The normalized spacial score (nSPS) is 14.3. The van der Waals surface area contributed by atoms with Gasteiger partial charge in [0, 0.05) is 37.6 Å².